The number of nitrogens with one attached hydrogen (secondary N) is 3. The van der Waals surface area contributed by atoms with E-state index in [2.05, 4.69) is 15.0 Å². The summed E-state index contributed by atoms with van der Waals surface area (Å²) in [6.07, 6.45) is 1.11. The summed E-state index contributed by atoms with van der Waals surface area (Å²) < 4.78 is 53.6. The first kappa shape index (κ1) is 24.8. The van der Waals surface area contributed by atoms with Crippen LogP contribution in [0.2, 0.25) is 5.02 Å². The lowest BCUT2D eigenvalue weighted by atomic mass is 10.1. The Hall–Kier alpha value is -3.93. The van der Waals surface area contributed by atoms with E-state index in [1.807, 2.05) is 0 Å². The molecule has 3 N–H and O–H groups in total. The third-order valence-electron chi connectivity index (χ3n) is 5.72. The zero-order valence-electron chi connectivity index (χ0n) is 19.0. The lowest BCUT2D eigenvalue weighted by Crippen LogP contribution is -2.29. The number of rotatable bonds is 7. The molecule has 3 aromatic carbocycles. The SMILES string of the molecule is O=C(NCc1ccc(Cl)cc1)c1c[nH]c2c(S(=O)(=O)NCc3ccc4c(c3)OCO4)cc(F)cc2c1=O. The minimum Gasteiger partial charge on any atom is -0.454 e. The van der Waals surface area contributed by atoms with Crippen molar-refractivity contribution in [2.75, 3.05) is 6.79 Å². The van der Waals surface area contributed by atoms with E-state index in [0.29, 0.717) is 22.1 Å². The van der Waals surface area contributed by atoms with Crippen LogP contribution in [0.3, 0.4) is 0 Å². The summed E-state index contributed by atoms with van der Waals surface area (Å²) >= 11 is 5.85. The number of aromatic nitrogens is 1. The van der Waals surface area contributed by atoms with Crippen molar-refractivity contribution in [1.82, 2.24) is 15.0 Å². The van der Waals surface area contributed by atoms with Crippen molar-refractivity contribution in [2.45, 2.75) is 18.0 Å². The van der Waals surface area contributed by atoms with Crippen molar-refractivity contribution in [1.29, 1.82) is 0 Å². The third kappa shape index (κ3) is 5.15. The standard InChI is InChI=1S/C25H19ClFN3O6S/c26-16-4-1-14(2-5-16)10-29-25(32)19-12-28-23-18(24(19)31)8-17(27)9-22(23)37(33,34)30-11-15-3-6-20-21(7-15)36-13-35-20/h1-9,12,30H,10-11,13H2,(H,28,31)(H,29,32). The number of sulfonamides is 1. The van der Waals surface area contributed by atoms with E-state index in [1.165, 1.54) is 0 Å². The molecule has 9 nitrogen and oxygen atoms in total. The predicted molar refractivity (Wildman–Crippen MR) is 134 cm³/mol. The number of H-pyrrole nitrogens is 1. The van der Waals surface area contributed by atoms with E-state index in [9.17, 15) is 22.4 Å². The van der Waals surface area contributed by atoms with Crippen molar-refractivity contribution >= 4 is 38.4 Å². The number of carbonyl (C=O) groups is 1. The van der Waals surface area contributed by atoms with Gasteiger partial charge in [0.2, 0.25) is 22.2 Å². The lowest BCUT2D eigenvalue weighted by Gasteiger charge is -2.11. The maximum absolute atomic E-state index is 14.5. The number of pyridine rings is 1. The van der Waals surface area contributed by atoms with Gasteiger partial charge in [0.15, 0.2) is 11.5 Å². The summed E-state index contributed by atoms with van der Waals surface area (Å²) in [5, 5.41) is 2.88. The molecule has 0 radical (unpaired) electrons. The molecule has 0 unspecified atom stereocenters. The second kappa shape index (κ2) is 9.85. The van der Waals surface area contributed by atoms with E-state index in [0.717, 1.165) is 23.9 Å². The van der Waals surface area contributed by atoms with Gasteiger partial charge in [-0.1, -0.05) is 29.8 Å². The Morgan fingerprint density at radius 3 is 2.51 bits per heavy atom. The fourth-order valence-corrected chi connectivity index (χ4v) is 5.18. The molecule has 1 aliphatic heterocycles. The van der Waals surface area contributed by atoms with Crippen molar-refractivity contribution in [3.63, 3.8) is 0 Å². The van der Waals surface area contributed by atoms with Crippen LogP contribution >= 0.6 is 11.6 Å². The molecule has 4 aromatic rings. The van der Waals surface area contributed by atoms with Gasteiger partial charge in [0.1, 0.15) is 16.3 Å². The van der Waals surface area contributed by atoms with Crippen LogP contribution in [-0.4, -0.2) is 26.1 Å². The van der Waals surface area contributed by atoms with Crippen molar-refractivity contribution in [2.24, 2.45) is 0 Å². The number of hydrogen-bond donors (Lipinski definition) is 3. The maximum atomic E-state index is 14.5. The zero-order chi connectivity index (χ0) is 26.2. The molecule has 1 aliphatic rings. The van der Waals surface area contributed by atoms with Gasteiger partial charge in [0.05, 0.1) is 10.9 Å². The van der Waals surface area contributed by atoms with Gasteiger partial charge in [-0.25, -0.2) is 17.5 Å². The molecule has 0 saturated carbocycles. The van der Waals surface area contributed by atoms with Gasteiger partial charge in [0.25, 0.3) is 5.91 Å². The Morgan fingerprint density at radius 2 is 1.73 bits per heavy atom. The third-order valence-corrected chi connectivity index (χ3v) is 7.40. The number of aromatic amines is 1. The largest absolute Gasteiger partial charge is 0.454 e. The molecule has 12 heteroatoms. The van der Waals surface area contributed by atoms with Gasteiger partial charge in [0, 0.05) is 24.3 Å². The minimum atomic E-state index is -4.26. The Morgan fingerprint density at radius 1 is 1.00 bits per heavy atom. The average molecular weight is 544 g/mol. The van der Waals surface area contributed by atoms with Gasteiger partial charge in [-0.05, 0) is 47.5 Å². The highest BCUT2D eigenvalue weighted by Crippen LogP contribution is 2.32. The van der Waals surface area contributed by atoms with Gasteiger partial charge in [-0.2, -0.15) is 0 Å². The van der Waals surface area contributed by atoms with Crippen molar-refractivity contribution < 1.29 is 27.1 Å². The van der Waals surface area contributed by atoms with Gasteiger partial charge in [-0.3, -0.25) is 9.59 Å². The molecule has 37 heavy (non-hydrogen) atoms. The summed E-state index contributed by atoms with van der Waals surface area (Å²) in [7, 11) is -4.26. The maximum Gasteiger partial charge on any atom is 0.257 e. The molecule has 1 amide bonds. The van der Waals surface area contributed by atoms with E-state index in [-0.39, 0.29) is 36.3 Å². The summed E-state index contributed by atoms with van der Waals surface area (Å²) in [6, 6.07) is 13.4. The van der Waals surface area contributed by atoms with E-state index in [1.54, 1.807) is 42.5 Å². The minimum absolute atomic E-state index is 0.0777. The zero-order valence-corrected chi connectivity index (χ0v) is 20.6. The Kier molecular flexibility index (Phi) is 6.59. The smallest absolute Gasteiger partial charge is 0.257 e. The summed E-state index contributed by atoms with van der Waals surface area (Å²) in [5.74, 6) is -0.611. The fourth-order valence-electron chi connectivity index (χ4n) is 3.83. The van der Waals surface area contributed by atoms with E-state index < -0.39 is 32.1 Å². The molecule has 0 spiro atoms. The highest BCUT2D eigenvalue weighted by molar-refractivity contribution is 7.89. The van der Waals surface area contributed by atoms with Crippen LogP contribution in [-0.2, 0) is 23.1 Å². The van der Waals surface area contributed by atoms with Gasteiger partial charge < -0.3 is 19.8 Å². The highest BCUT2D eigenvalue weighted by atomic mass is 35.5. The number of amides is 1. The van der Waals surface area contributed by atoms with Gasteiger partial charge in [-0.15, -0.1) is 0 Å². The molecule has 0 atom stereocenters. The number of ether oxygens (including phenoxy) is 2. The molecule has 0 aliphatic carbocycles. The van der Waals surface area contributed by atoms with Crippen LogP contribution in [0.15, 0.2) is 70.5 Å². The monoisotopic (exact) mass is 543 g/mol. The Bertz CT molecular complexity index is 1690. The predicted octanol–water partition coefficient (Wildman–Crippen LogP) is 3.46. The molecule has 190 valence electrons. The lowest BCUT2D eigenvalue weighted by molar-refractivity contribution is 0.0949. The van der Waals surface area contributed by atoms with Crippen LogP contribution in [0.4, 0.5) is 4.39 Å². The molecule has 2 heterocycles. The second-order valence-electron chi connectivity index (χ2n) is 8.18. The number of benzene rings is 3. The first-order chi connectivity index (χ1) is 17.7. The van der Waals surface area contributed by atoms with Crippen LogP contribution < -0.4 is 24.9 Å². The number of fused-ring (bicyclic) bond motifs is 2. The number of carbonyl (C=O) groups excluding carboxylic acids is 1. The van der Waals surface area contributed by atoms with Crippen molar-refractivity contribution in [3.05, 3.63) is 98.5 Å². The molecule has 1 aromatic heterocycles. The normalized spacial score (nSPS) is 12.6. The van der Waals surface area contributed by atoms with E-state index >= 15 is 0 Å². The summed E-state index contributed by atoms with van der Waals surface area (Å²) in [6.45, 7) is 0.0841. The van der Waals surface area contributed by atoms with Crippen molar-refractivity contribution in [3.8, 4) is 11.5 Å². The molecule has 0 saturated heterocycles. The average Bonchev–Trinajstić information content (AvgIpc) is 3.35. The first-order valence-corrected chi connectivity index (χ1v) is 12.8. The van der Waals surface area contributed by atoms with Crippen LogP contribution in [0.25, 0.3) is 10.9 Å². The van der Waals surface area contributed by atoms with E-state index in [4.69, 9.17) is 21.1 Å². The topological polar surface area (TPSA) is 127 Å². The Balaban J connectivity index is 1.40. The first-order valence-electron chi connectivity index (χ1n) is 11.0. The molecule has 0 fully saturated rings. The molecule has 0 bridgehead atoms. The highest BCUT2D eigenvalue weighted by Gasteiger charge is 2.23. The van der Waals surface area contributed by atoms with Gasteiger partial charge >= 0.3 is 0 Å². The fraction of sp³-hybridized carbons (Fsp3) is 0.120. The molecular weight excluding hydrogens is 525 g/mol. The second-order valence-corrected chi connectivity index (χ2v) is 10.4. The van der Waals surface area contributed by atoms with Crippen LogP contribution in [0.5, 0.6) is 11.5 Å². The number of hydrogen-bond acceptors (Lipinski definition) is 6. The Labute approximate surface area is 215 Å². The summed E-state index contributed by atoms with van der Waals surface area (Å²) in [4.78, 5) is 27.9. The van der Waals surface area contributed by atoms with Crippen LogP contribution in [0.1, 0.15) is 21.5 Å². The quantitative estimate of drug-likeness (QED) is 0.328. The molecule has 5 rings (SSSR count). The summed E-state index contributed by atoms with van der Waals surface area (Å²) in [5.41, 5.74) is 0.112. The number of halogens is 2. The molecular formula is C25H19ClFN3O6S. The van der Waals surface area contributed by atoms with Crippen LogP contribution in [0, 0.1) is 5.82 Å².